The van der Waals surface area contributed by atoms with E-state index < -0.39 is 6.10 Å². The van der Waals surface area contributed by atoms with E-state index in [9.17, 15) is 4.79 Å². The molecule has 0 bridgehead atoms. The SMILES string of the molecule is Cc1ccc(C(=O)C2Cc3ccccc3O2)o1. The van der Waals surface area contributed by atoms with Gasteiger partial charge in [-0.15, -0.1) is 0 Å². The second-order valence-corrected chi connectivity index (χ2v) is 4.19. The molecule has 0 amide bonds. The highest BCUT2D eigenvalue weighted by Gasteiger charge is 2.31. The Bertz CT molecular complexity index is 543. The highest BCUT2D eigenvalue weighted by Crippen LogP contribution is 2.29. The topological polar surface area (TPSA) is 39.4 Å². The van der Waals surface area contributed by atoms with Gasteiger partial charge in [-0.3, -0.25) is 4.79 Å². The molecule has 3 rings (SSSR count). The average molecular weight is 228 g/mol. The molecule has 0 fully saturated rings. The van der Waals surface area contributed by atoms with Gasteiger partial charge in [0.1, 0.15) is 11.5 Å². The number of Topliss-reactive ketones (excluding diaryl/α,β-unsaturated/α-hetero) is 1. The van der Waals surface area contributed by atoms with Crippen molar-refractivity contribution in [2.75, 3.05) is 0 Å². The molecule has 0 saturated heterocycles. The predicted octanol–water partition coefficient (Wildman–Crippen LogP) is 2.77. The fourth-order valence-electron chi connectivity index (χ4n) is 2.05. The van der Waals surface area contributed by atoms with Crippen LogP contribution in [0.25, 0.3) is 0 Å². The Kier molecular flexibility index (Phi) is 2.25. The summed E-state index contributed by atoms with van der Waals surface area (Å²) in [6.45, 7) is 1.82. The van der Waals surface area contributed by atoms with E-state index in [0.717, 1.165) is 17.1 Å². The van der Waals surface area contributed by atoms with Gasteiger partial charge in [-0.1, -0.05) is 18.2 Å². The summed E-state index contributed by atoms with van der Waals surface area (Å²) in [6.07, 6.45) is 0.173. The smallest absolute Gasteiger partial charge is 0.238 e. The van der Waals surface area contributed by atoms with Crippen LogP contribution < -0.4 is 4.74 Å². The third-order valence-electron chi connectivity index (χ3n) is 2.92. The van der Waals surface area contributed by atoms with Gasteiger partial charge in [-0.05, 0) is 30.7 Å². The minimum atomic E-state index is -0.446. The lowest BCUT2D eigenvalue weighted by Crippen LogP contribution is -2.24. The summed E-state index contributed by atoms with van der Waals surface area (Å²) in [6, 6.07) is 11.2. The Morgan fingerprint density at radius 2 is 2.06 bits per heavy atom. The molecule has 0 aliphatic carbocycles. The Labute approximate surface area is 99.0 Å². The van der Waals surface area contributed by atoms with Gasteiger partial charge in [0.05, 0.1) is 0 Å². The molecule has 1 atom stereocenters. The molecule has 3 nitrogen and oxygen atoms in total. The molecule has 1 aliphatic heterocycles. The molecule has 1 aromatic heterocycles. The first kappa shape index (κ1) is 10.1. The molecule has 17 heavy (non-hydrogen) atoms. The minimum absolute atomic E-state index is 0.0886. The van der Waals surface area contributed by atoms with E-state index in [1.807, 2.05) is 31.2 Å². The van der Waals surface area contributed by atoms with Crippen molar-refractivity contribution in [3.05, 3.63) is 53.5 Å². The maximum Gasteiger partial charge on any atom is 0.238 e. The number of fused-ring (bicyclic) bond motifs is 1. The van der Waals surface area contributed by atoms with Crippen LogP contribution in [0.15, 0.2) is 40.8 Å². The molecule has 1 aromatic carbocycles. The molecule has 0 saturated carbocycles. The van der Waals surface area contributed by atoms with Gasteiger partial charge in [0.2, 0.25) is 5.78 Å². The van der Waals surface area contributed by atoms with Gasteiger partial charge in [0.25, 0.3) is 0 Å². The maximum absolute atomic E-state index is 12.1. The number of rotatable bonds is 2. The van der Waals surface area contributed by atoms with E-state index in [4.69, 9.17) is 9.15 Å². The lowest BCUT2D eigenvalue weighted by Gasteiger charge is -2.06. The molecule has 2 heterocycles. The first-order valence-corrected chi connectivity index (χ1v) is 5.59. The number of furan rings is 1. The van der Waals surface area contributed by atoms with Crippen LogP contribution in [-0.2, 0) is 6.42 Å². The summed E-state index contributed by atoms with van der Waals surface area (Å²) in [5.74, 6) is 1.83. The zero-order valence-corrected chi connectivity index (χ0v) is 9.47. The second kappa shape index (κ2) is 3.77. The summed E-state index contributed by atoms with van der Waals surface area (Å²) in [5.41, 5.74) is 1.08. The van der Waals surface area contributed by atoms with Crippen LogP contribution >= 0.6 is 0 Å². The predicted molar refractivity (Wildman–Crippen MR) is 62.3 cm³/mol. The Hall–Kier alpha value is -2.03. The maximum atomic E-state index is 12.1. The average Bonchev–Trinajstić information content (AvgIpc) is 2.93. The van der Waals surface area contributed by atoms with Gasteiger partial charge in [-0.2, -0.15) is 0 Å². The number of para-hydroxylation sites is 1. The van der Waals surface area contributed by atoms with Gasteiger partial charge in [0, 0.05) is 6.42 Å². The Balaban J connectivity index is 1.83. The third kappa shape index (κ3) is 1.73. The van der Waals surface area contributed by atoms with Gasteiger partial charge >= 0.3 is 0 Å². The number of benzene rings is 1. The lowest BCUT2D eigenvalue weighted by atomic mass is 10.1. The van der Waals surface area contributed by atoms with Crippen molar-refractivity contribution in [1.82, 2.24) is 0 Å². The fraction of sp³-hybridized carbons (Fsp3) is 0.214. The lowest BCUT2D eigenvalue weighted by molar-refractivity contribution is 0.0794. The van der Waals surface area contributed by atoms with Crippen LogP contribution in [-0.4, -0.2) is 11.9 Å². The van der Waals surface area contributed by atoms with Crippen LogP contribution in [0.4, 0.5) is 0 Å². The van der Waals surface area contributed by atoms with Crippen molar-refractivity contribution in [3.63, 3.8) is 0 Å². The van der Waals surface area contributed by atoms with Crippen LogP contribution in [0.2, 0.25) is 0 Å². The van der Waals surface area contributed by atoms with Crippen molar-refractivity contribution in [2.24, 2.45) is 0 Å². The molecule has 0 spiro atoms. The number of ketones is 1. The summed E-state index contributed by atoms with van der Waals surface area (Å²) in [4.78, 5) is 12.1. The largest absolute Gasteiger partial charge is 0.481 e. The van der Waals surface area contributed by atoms with E-state index >= 15 is 0 Å². The van der Waals surface area contributed by atoms with Crippen LogP contribution in [0.1, 0.15) is 21.9 Å². The van der Waals surface area contributed by atoms with E-state index in [1.54, 1.807) is 12.1 Å². The third-order valence-corrected chi connectivity index (χ3v) is 2.92. The molecule has 86 valence electrons. The summed E-state index contributed by atoms with van der Waals surface area (Å²) < 4.78 is 10.9. The van der Waals surface area contributed by atoms with Crippen LogP contribution in [0.5, 0.6) is 5.75 Å². The summed E-state index contributed by atoms with van der Waals surface area (Å²) in [7, 11) is 0. The van der Waals surface area contributed by atoms with E-state index in [1.165, 1.54) is 0 Å². The van der Waals surface area contributed by atoms with Crippen molar-refractivity contribution >= 4 is 5.78 Å². The van der Waals surface area contributed by atoms with E-state index in [0.29, 0.717) is 12.2 Å². The molecule has 3 heteroatoms. The minimum Gasteiger partial charge on any atom is -0.481 e. The number of carbonyl (C=O) groups excluding carboxylic acids is 1. The summed E-state index contributed by atoms with van der Waals surface area (Å²) in [5, 5.41) is 0. The molecule has 1 unspecified atom stereocenters. The van der Waals surface area contributed by atoms with E-state index in [2.05, 4.69) is 0 Å². The number of hydrogen-bond donors (Lipinski definition) is 0. The summed E-state index contributed by atoms with van der Waals surface area (Å²) >= 11 is 0. The zero-order chi connectivity index (χ0) is 11.8. The van der Waals surface area contributed by atoms with Gasteiger partial charge in [-0.25, -0.2) is 0 Å². The normalized spacial score (nSPS) is 17.6. The fourth-order valence-corrected chi connectivity index (χ4v) is 2.05. The van der Waals surface area contributed by atoms with Gasteiger partial charge < -0.3 is 9.15 Å². The number of aryl methyl sites for hydroxylation is 1. The number of ether oxygens (including phenoxy) is 1. The molecular weight excluding hydrogens is 216 g/mol. The molecule has 1 aliphatic rings. The molecule has 0 N–H and O–H groups in total. The Morgan fingerprint density at radius 3 is 2.76 bits per heavy atom. The van der Waals surface area contributed by atoms with Crippen molar-refractivity contribution in [3.8, 4) is 5.75 Å². The quantitative estimate of drug-likeness (QED) is 0.742. The first-order valence-electron chi connectivity index (χ1n) is 5.59. The number of carbonyl (C=O) groups is 1. The molecular formula is C14H12O3. The standard InChI is InChI=1S/C14H12O3/c1-9-6-7-12(16-9)14(15)13-8-10-4-2-3-5-11(10)17-13/h2-7,13H,8H2,1H3. The highest BCUT2D eigenvalue weighted by molar-refractivity contribution is 5.98. The number of hydrogen-bond acceptors (Lipinski definition) is 3. The van der Waals surface area contributed by atoms with Crippen LogP contribution in [0, 0.1) is 6.92 Å². The monoisotopic (exact) mass is 228 g/mol. The van der Waals surface area contributed by atoms with Gasteiger partial charge in [0.15, 0.2) is 11.9 Å². The molecule has 2 aromatic rings. The Morgan fingerprint density at radius 1 is 1.24 bits per heavy atom. The van der Waals surface area contributed by atoms with Crippen LogP contribution in [0.3, 0.4) is 0 Å². The first-order chi connectivity index (χ1) is 8.24. The highest BCUT2D eigenvalue weighted by atomic mass is 16.5. The zero-order valence-electron chi connectivity index (χ0n) is 9.47. The van der Waals surface area contributed by atoms with Crippen molar-refractivity contribution in [1.29, 1.82) is 0 Å². The van der Waals surface area contributed by atoms with Crippen molar-refractivity contribution in [2.45, 2.75) is 19.4 Å². The van der Waals surface area contributed by atoms with E-state index in [-0.39, 0.29) is 5.78 Å². The second-order valence-electron chi connectivity index (χ2n) is 4.19. The molecule has 0 radical (unpaired) electrons. The van der Waals surface area contributed by atoms with Crippen molar-refractivity contribution < 1.29 is 13.9 Å².